The van der Waals surface area contributed by atoms with Gasteiger partial charge in [-0.1, -0.05) is 0 Å². The number of nitrogens with one attached hydrogen (secondary N) is 1. The summed E-state index contributed by atoms with van der Waals surface area (Å²) in [6.07, 6.45) is -1.56. The van der Waals surface area contributed by atoms with Gasteiger partial charge in [0.1, 0.15) is 11.4 Å². The molecule has 6 nitrogen and oxygen atoms in total. The SMILES string of the molecule is CNCCCn1cc(S(=O)(=O)N(C)CC(F)(F)F)cn1. The number of aromatic nitrogens is 2. The molecule has 0 saturated heterocycles. The van der Waals surface area contributed by atoms with Crippen LogP contribution in [0.2, 0.25) is 0 Å². The number of hydrogen-bond donors (Lipinski definition) is 1. The van der Waals surface area contributed by atoms with Gasteiger partial charge in [-0.05, 0) is 20.0 Å². The van der Waals surface area contributed by atoms with Crippen LogP contribution in [-0.2, 0) is 16.6 Å². The van der Waals surface area contributed by atoms with E-state index < -0.39 is 22.7 Å². The maximum Gasteiger partial charge on any atom is 0.402 e. The van der Waals surface area contributed by atoms with Gasteiger partial charge in [0.15, 0.2) is 0 Å². The van der Waals surface area contributed by atoms with Gasteiger partial charge >= 0.3 is 6.18 Å². The van der Waals surface area contributed by atoms with Crippen LogP contribution >= 0.6 is 0 Å². The molecule has 0 aromatic carbocycles. The van der Waals surface area contributed by atoms with E-state index in [2.05, 4.69) is 10.4 Å². The van der Waals surface area contributed by atoms with Gasteiger partial charge in [0.2, 0.25) is 10.0 Å². The second-order valence-electron chi connectivity index (χ2n) is 4.27. The van der Waals surface area contributed by atoms with Crippen LogP contribution in [0.4, 0.5) is 13.2 Å². The molecule has 1 N–H and O–H groups in total. The second kappa shape index (κ2) is 6.55. The molecule has 20 heavy (non-hydrogen) atoms. The summed E-state index contributed by atoms with van der Waals surface area (Å²) in [5.74, 6) is 0. The highest BCUT2D eigenvalue weighted by molar-refractivity contribution is 7.89. The minimum absolute atomic E-state index is 0.242. The van der Waals surface area contributed by atoms with E-state index in [0.29, 0.717) is 6.54 Å². The highest BCUT2D eigenvalue weighted by Gasteiger charge is 2.35. The monoisotopic (exact) mass is 314 g/mol. The van der Waals surface area contributed by atoms with E-state index in [1.165, 1.54) is 10.9 Å². The Hall–Kier alpha value is -1.13. The molecule has 0 atom stereocenters. The predicted octanol–water partition coefficient (Wildman–Crippen LogP) is 0.675. The van der Waals surface area contributed by atoms with Crippen LogP contribution in [0.5, 0.6) is 0 Å². The second-order valence-corrected chi connectivity index (χ2v) is 6.32. The van der Waals surface area contributed by atoms with Crippen LogP contribution in [0.1, 0.15) is 6.42 Å². The Morgan fingerprint density at radius 2 is 2.10 bits per heavy atom. The molecule has 0 spiro atoms. The first kappa shape index (κ1) is 16.9. The molecule has 1 heterocycles. The van der Waals surface area contributed by atoms with E-state index in [9.17, 15) is 21.6 Å². The van der Waals surface area contributed by atoms with Crippen molar-refractivity contribution in [3.63, 3.8) is 0 Å². The van der Waals surface area contributed by atoms with Crippen molar-refractivity contribution in [1.29, 1.82) is 0 Å². The Labute approximate surface area is 115 Å². The van der Waals surface area contributed by atoms with Crippen LogP contribution in [0.25, 0.3) is 0 Å². The molecule has 0 bridgehead atoms. The summed E-state index contributed by atoms with van der Waals surface area (Å²) in [4.78, 5) is -0.242. The van der Waals surface area contributed by atoms with Crippen molar-refractivity contribution in [3.05, 3.63) is 12.4 Å². The van der Waals surface area contributed by atoms with E-state index in [0.717, 1.165) is 26.2 Å². The van der Waals surface area contributed by atoms with Gasteiger partial charge in [-0.3, -0.25) is 4.68 Å². The molecular weight excluding hydrogens is 297 g/mol. The largest absolute Gasteiger partial charge is 0.402 e. The first-order valence-corrected chi connectivity index (χ1v) is 7.31. The molecule has 0 unspecified atom stereocenters. The molecule has 1 aromatic rings. The van der Waals surface area contributed by atoms with Crippen molar-refractivity contribution in [2.75, 3.05) is 27.2 Å². The number of sulfonamides is 1. The number of hydrogen-bond acceptors (Lipinski definition) is 4. The average molecular weight is 314 g/mol. The highest BCUT2D eigenvalue weighted by atomic mass is 32.2. The van der Waals surface area contributed by atoms with E-state index in [4.69, 9.17) is 0 Å². The predicted molar refractivity (Wildman–Crippen MR) is 66.6 cm³/mol. The van der Waals surface area contributed by atoms with Crippen LogP contribution in [-0.4, -0.2) is 55.9 Å². The van der Waals surface area contributed by atoms with Crippen molar-refractivity contribution >= 4 is 10.0 Å². The smallest absolute Gasteiger partial charge is 0.320 e. The molecule has 1 rings (SSSR count). The summed E-state index contributed by atoms with van der Waals surface area (Å²) in [6.45, 7) is -0.310. The molecular formula is C10H17F3N4O2S. The van der Waals surface area contributed by atoms with Gasteiger partial charge in [-0.15, -0.1) is 0 Å². The van der Waals surface area contributed by atoms with E-state index >= 15 is 0 Å². The first-order chi connectivity index (χ1) is 9.16. The van der Waals surface area contributed by atoms with Gasteiger partial charge in [0.25, 0.3) is 0 Å². The zero-order valence-corrected chi connectivity index (χ0v) is 12.0. The van der Waals surface area contributed by atoms with E-state index in [-0.39, 0.29) is 9.20 Å². The van der Waals surface area contributed by atoms with E-state index in [1.807, 2.05) is 0 Å². The van der Waals surface area contributed by atoms with Gasteiger partial charge in [-0.25, -0.2) is 8.42 Å². The maximum atomic E-state index is 12.2. The Bertz CT molecular complexity index is 527. The van der Waals surface area contributed by atoms with Gasteiger partial charge in [0, 0.05) is 19.8 Å². The Kier molecular flexibility index (Phi) is 5.54. The normalized spacial score (nSPS) is 13.1. The average Bonchev–Trinajstić information content (AvgIpc) is 2.76. The third-order valence-electron chi connectivity index (χ3n) is 2.53. The standard InChI is InChI=1S/C10H17F3N4O2S/c1-14-4-3-5-17-7-9(6-15-17)20(18,19)16(2)8-10(11,12)13/h6-7,14H,3-5,8H2,1-2H3. The topological polar surface area (TPSA) is 67.2 Å². The number of nitrogens with zero attached hydrogens (tertiary/aromatic N) is 3. The Morgan fingerprint density at radius 1 is 1.45 bits per heavy atom. The molecule has 1 aromatic heterocycles. The fraction of sp³-hybridized carbons (Fsp3) is 0.700. The fourth-order valence-corrected chi connectivity index (χ4v) is 2.65. The van der Waals surface area contributed by atoms with Crippen molar-refractivity contribution in [2.45, 2.75) is 24.0 Å². The molecule has 0 aliphatic rings. The summed E-state index contributed by atoms with van der Waals surface area (Å²) < 4.78 is 62.2. The number of alkyl halides is 3. The summed E-state index contributed by atoms with van der Waals surface area (Å²) in [7, 11) is -1.49. The molecule has 116 valence electrons. The number of rotatable bonds is 7. The Morgan fingerprint density at radius 3 is 2.65 bits per heavy atom. The molecule has 0 fully saturated rings. The van der Waals surface area contributed by atoms with Gasteiger partial charge in [0.05, 0.1) is 6.20 Å². The van der Waals surface area contributed by atoms with Crippen LogP contribution in [0.15, 0.2) is 17.3 Å². The molecule has 0 radical (unpaired) electrons. The van der Waals surface area contributed by atoms with Crippen molar-refractivity contribution in [3.8, 4) is 0 Å². The Balaban J connectivity index is 2.77. The van der Waals surface area contributed by atoms with Crippen molar-refractivity contribution in [1.82, 2.24) is 19.4 Å². The van der Waals surface area contributed by atoms with Crippen molar-refractivity contribution < 1.29 is 21.6 Å². The molecule has 10 heteroatoms. The molecule has 0 saturated carbocycles. The summed E-state index contributed by atoms with van der Waals surface area (Å²) in [6, 6.07) is 0. The maximum absolute atomic E-state index is 12.2. The van der Waals surface area contributed by atoms with E-state index in [1.54, 1.807) is 7.05 Å². The third-order valence-corrected chi connectivity index (χ3v) is 4.29. The van der Waals surface area contributed by atoms with Crippen molar-refractivity contribution in [2.24, 2.45) is 0 Å². The zero-order chi connectivity index (χ0) is 15.4. The van der Waals surface area contributed by atoms with Gasteiger partial charge in [-0.2, -0.15) is 22.6 Å². The minimum Gasteiger partial charge on any atom is -0.320 e. The zero-order valence-electron chi connectivity index (χ0n) is 11.2. The lowest BCUT2D eigenvalue weighted by atomic mass is 10.4. The summed E-state index contributed by atoms with van der Waals surface area (Å²) >= 11 is 0. The summed E-state index contributed by atoms with van der Waals surface area (Å²) in [5.41, 5.74) is 0. The lowest BCUT2D eigenvalue weighted by Crippen LogP contribution is -2.35. The molecule has 0 amide bonds. The van der Waals surface area contributed by atoms with Crippen LogP contribution in [0, 0.1) is 0 Å². The fourth-order valence-electron chi connectivity index (χ4n) is 1.54. The van der Waals surface area contributed by atoms with Gasteiger partial charge < -0.3 is 5.32 Å². The molecule has 0 aliphatic carbocycles. The van der Waals surface area contributed by atoms with Crippen LogP contribution < -0.4 is 5.32 Å². The lowest BCUT2D eigenvalue weighted by Gasteiger charge is -2.17. The third kappa shape index (κ3) is 4.76. The quantitative estimate of drug-likeness (QED) is 0.752. The summed E-state index contributed by atoms with van der Waals surface area (Å²) in [5, 5.41) is 6.76. The first-order valence-electron chi connectivity index (χ1n) is 5.87. The number of halogens is 3. The lowest BCUT2D eigenvalue weighted by molar-refractivity contribution is -0.134. The molecule has 0 aliphatic heterocycles. The van der Waals surface area contributed by atoms with Crippen LogP contribution in [0.3, 0.4) is 0 Å². The minimum atomic E-state index is -4.58. The highest BCUT2D eigenvalue weighted by Crippen LogP contribution is 2.20. The number of aryl methyl sites for hydroxylation is 1.